The molecule has 0 radical (unpaired) electrons. The molecule has 0 amide bonds. The molecule has 0 aliphatic heterocycles. The van der Waals surface area contributed by atoms with Crippen molar-refractivity contribution in [3.05, 3.63) is 40.3 Å². The molecule has 0 spiro atoms. The number of aromatic nitrogens is 2. The molecule has 0 saturated carbocycles. The van der Waals surface area contributed by atoms with Gasteiger partial charge in [0.2, 0.25) is 0 Å². The Balaban J connectivity index is 0.00000242. The van der Waals surface area contributed by atoms with E-state index in [1.54, 1.807) is 16.0 Å². The predicted molar refractivity (Wildman–Crippen MR) is 104 cm³/mol. The highest BCUT2D eigenvalue weighted by molar-refractivity contribution is 14.0. The minimum atomic E-state index is 0. The van der Waals surface area contributed by atoms with Crippen LogP contribution in [0.25, 0.3) is 0 Å². The zero-order chi connectivity index (χ0) is 15.1. The summed E-state index contributed by atoms with van der Waals surface area (Å²) in [5.74, 6) is 0.943. The van der Waals surface area contributed by atoms with Crippen molar-refractivity contribution in [3.63, 3.8) is 0 Å². The number of aliphatic imine (C=N–C) groups is 1. The summed E-state index contributed by atoms with van der Waals surface area (Å²) in [6.07, 6.45) is 4.91. The molecule has 0 aliphatic rings. The highest BCUT2D eigenvalue weighted by atomic mass is 127. The lowest BCUT2D eigenvalue weighted by Crippen LogP contribution is -2.39. The van der Waals surface area contributed by atoms with Gasteiger partial charge in [0.1, 0.15) is 0 Å². The molecule has 2 aromatic heterocycles. The first kappa shape index (κ1) is 19.0. The molecule has 0 aliphatic carbocycles. The number of likely N-dealkylation sites (N-methyl/N-ethyl adjacent to an activating group) is 1. The molecule has 0 atom stereocenters. The van der Waals surface area contributed by atoms with Crippen LogP contribution in [-0.2, 0) is 20.0 Å². The molecule has 22 heavy (non-hydrogen) atoms. The summed E-state index contributed by atoms with van der Waals surface area (Å²) < 4.78 is 1.80. The average molecular weight is 433 g/mol. The second-order valence-corrected chi connectivity index (χ2v) is 5.98. The molecule has 0 unspecified atom stereocenters. The van der Waals surface area contributed by atoms with Crippen molar-refractivity contribution in [3.8, 4) is 0 Å². The molecular weight excluding hydrogens is 409 g/mol. The van der Waals surface area contributed by atoms with Crippen LogP contribution >= 0.6 is 35.3 Å². The third kappa shape index (κ3) is 5.96. The summed E-state index contributed by atoms with van der Waals surface area (Å²) in [4.78, 5) is 8.27. The van der Waals surface area contributed by atoms with Crippen LogP contribution in [-0.4, -0.2) is 40.8 Å². The van der Waals surface area contributed by atoms with Crippen LogP contribution in [0.1, 0.15) is 17.4 Å². The zero-order valence-electron chi connectivity index (χ0n) is 13.3. The first-order valence-corrected chi connectivity index (χ1v) is 8.06. The second-order valence-electron chi connectivity index (χ2n) is 4.94. The molecule has 2 heterocycles. The Morgan fingerprint density at radius 2 is 2.32 bits per heavy atom. The Labute approximate surface area is 153 Å². The van der Waals surface area contributed by atoms with E-state index in [1.165, 1.54) is 4.88 Å². The third-order valence-electron chi connectivity index (χ3n) is 3.14. The summed E-state index contributed by atoms with van der Waals surface area (Å²) in [5, 5.41) is 9.63. The van der Waals surface area contributed by atoms with Gasteiger partial charge >= 0.3 is 0 Å². The van der Waals surface area contributed by atoms with Crippen molar-refractivity contribution in [2.45, 2.75) is 19.9 Å². The Kier molecular flexibility index (Phi) is 8.47. The molecule has 7 heteroatoms. The molecule has 2 rings (SSSR count). The Bertz CT molecular complexity index is 564. The monoisotopic (exact) mass is 433 g/mol. The van der Waals surface area contributed by atoms with Crippen molar-refractivity contribution >= 4 is 41.3 Å². The van der Waals surface area contributed by atoms with E-state index in [2.05, 4.69) is 51.8 Å². The lowest BCUT2D eigenvalue weighted by molar-refractivity contribution is 0.486. The van der Waals surface area contributed by atoms with Crippen LogP contribution in [0, 0.1) is 0 Å². The fourth-order valence-corrected chi connectivity index (χ4v) is 2.73. The molecule has 0 saturated heterocycles. The SMILES string of the molecule is CCNC(=NCc1cnn(C)c1)N(C)CCc1cccs1.I. The van der Waals surface area contributed by atoms with E-state index >= 15 is 0 Å². The number of nitrogens with one attached hydrogen (secondary N) is 1. The van der Waals surface area contributed by atoms with Gasteiger partial charge in [-0.1, -0.05) is 6.07 Å². The van der Waals surface area contributed by atoms with E-state index in [4.69, 9.17) is 0 Å². The van der Waals surface area contributed by atoms with Gasteiger partial charge in [-0.25, -0.2) is 4.99 Å². The summed E-state index contributed by atoms with van der Waals surface area (Å²) in [6, 6.07) is 4.28. The smallest absolute Gasteiger partial charge is 0.193 e. The normalized spacial score (nSPS) is 11.1. The number of rotatable bonds is 6. The maximum Gasteiger partial charge on any atom is 0.193 e. The number of thiophene rings is 1. The maximum absolute atomic E-state index is 4.68. The van der Waals surface area contributed by atoms with Gasteiger partial charge in [0, 0.05) is 43.8 Å². The van der Waals surface area contributed by atoms with Gasteiger partial charge in [0.05, 0.1) is 12.7 Å². The fraction of sp³-hybridized carbons (Fsp3) is 0.467. The minimum Gasteiger partial charge on any atom is -0.357 e. The van der Waals surface area contributed by atoms with Crippen molar-refractivity contribution < 1.29 is 0 Å². The molecule has 0 bridgehead atoms. The lowest BCUT2D eigenvalue weighted by Gasteiger charge is -2.21. The second kappa shape index (κ2) is 9.83. The molecule has 0 aromatic carbocycles. The third-order valence-corrected chi connectivity index (χ3v) is 4.08. The molecular formula is C15H24IN5S. The van der Waals surface area contributed by atoms with Crippen molar-refractivity contribution in [2.75, 3.05) is 20.1 Å². The van der Waals surface area contributed by atoms with E-state index in [9.17, 15) is 0 Å². The Morgan fingerprint density at radius 1 is 1.50 bits per heavy atom. The summed E-state index contributed by atoms with van der Waals surface area (Å²) >= 11 is 1.80. The number of hydrogen-bond donors (Lipinski definition) is 1. The molecule has 2 aromatic rings. The Morgan fingerprint density at radius 3 is 2.91 bits per heavy atom. The lowest BCUT2D eigenvalue weighted by atomic mass is 10.3. The summed E-state index contributed by atoms with van der Waals surface area (Å²) in [7, 11) is 4.00. The highest BCUT2D eigenvalue weighted by Gasteiger charge is 2.06. The van der Waals surface area contributed by atoms with Crippen LogP contribution in [0.2, 0.25) is 0 Å². The summed E-state index contributed by atoms with van der Waals surface area (Å²) in [5.41, 5.74) is 1.12. The van der Waals surface area contributed by atoms with E-state index in [1.807, 2.05) is 19.4 Å². The van der Waals surface area contributed by atoms with Gasteiger partial charge in [0.25, 0.3) is 0 Å². The topological polar surface area (TPSA) is 45.5 Å². The van der Waals surface area contributed by atoms with Crippen LogP contribution in [0.4, 0.5) is 0 Å². The van der Waals surface area contributed by atoms with E-state index in [0.717, 1.165) is 31.0 Å². The van der Waals surface area contributed by atoms with E-state index in [0.29, 0.717) is 6.54 Å². The average Bonchev–Trinajstić information content (AvgIpc) is 3.12. The highest BCUT2D eigenvalue weighted by Crippen LogP contribution is 2.09. The number of hydrogen-bond acceptors (Lipinski definition) is 3. The molecule has 122 valence electrons. The quantitative estimate of drug-likeness (QED) is 0.433. The fourth-order valence-electron chi connectivity index (χ4n) is 2.03. The van der Waals surface area contributed by atoms with Gasteiger partial charge in [-0.05, 0) is 24.8 Å². The van der Waals surface area contributed by atoms with Crippen LogP contribution in [0.3, 0.4) is 0 Å². The maximum atomic E-state index is 4.68. The van der Waals surface area contributed by atoms with Gasteiger partial charge in [-0.2, -0.15) is 5.10 Å². The largest absolute Gasteiger partial charge is 0.357 e. The van der Waals surface area contributed by atoms with E-state index < -0.39 is 0 Å². The van der Waals surface area contributed by atoms with Crippen LogP contribution in [0.5, 0.6) is 0 Å². The van der Waals surface area contributed by atoms with Crippen molar-refractivity contribution in [2.24, 2.45) is 12.0 Å². The Hall–Kier alpha value is -1.09. The first-order valence-electron chi connectivity index (χ1n) is 7.18. The number of nitrogens with zero attached hydrogens (tertiary/aromatic N) is 4. The van der Waals surface area contributed by atoms with Gasteiger partial charge < -0.3 is 10.2 Å². The van der Waals surface area contributed by atoms with Gasteiger partial charge in [0.15, 0.2) is 5.96 Å². The number of halogens is 1. The minimum absolute atomic E-state index is 0. The predicted octanol–water partition coefficient (Wildman–Crippen LogP) is 2.74. The van der Waals surface area contributed by atoms with Crippen molar-refractivity contribution in [1.82, 2.24) is 20.0 Å². The first-order chi connectivity index (χ1) is 10.2. The number of guanidine groups is 1. The summed E-state index contributed by atoms with van der Waals surface area (Å²) in [6.45, 7) is 4.57. The standard InChI is InChI=1S/C15H23N5S.HI/c1-4-16-15(17-10-13-11-18-20(3)12-13)19(2)8-7-14-6-5-9-21-14;/h5-6,9,11-12H,4,7-8,10H2,1-3H3,(H,16,17);1H. The molecule has 1 N–H and O–H groups in total. The van der Waals surface area contributed by atoms with Gasteiger partial charge in [-0.15, -0.1) is 35.3 Å². The van der Waals surface area contributed by atoms with Crippen molar-refractivity contribution in [1.29, 1.82) is 0 Å². The molecule has 0 fully saturated rings. The van der Waals surface area contributed by atoms with Crippen LogP contribution < -0.4 is 5.32 Å². The van der Waals surface area contributed by atoms with E-state index in [-0.39, 0.29) is 24.0 Å². The van der Waals surface area contributed by atoms with Crippen LogP contribution in [0.15, 0.2) is 34.9 Å². The molecule has 5 nitrogen and oxygen atoms in total. The number of aryl methyl sites for hydroxylation is 1. The zero-order valence-corrected chi connectivity index (χ0v) is 16.5. The van der Waals surface area contributed by atoms with Gasteiger partial charge in [-0.3, -0.25) is 4.68 Å².